The fourth-order valence-electron chi connectivity index (χ4n) is 1.92. The molecule has 0 saturated carbocycles. The molecule has 2 heterocycles. The molecule has 0 aliphatic heterocycles. The lowest BCUT2D eigenvalue weighted by Crippen LogP contribution is -1.74. The molecule has 0 saturated heterocycles. The van der Waals surface area contributed by atoms with Crippen molar-refractivity contribution in [2.45, 2.75) is 0 Å². The van der Waals surface area contributed by atoms with Crippen LogP contribution in [0.25, 0.3) is 21.7 Å². The Hall–Kier alpha value is -2.74. The summed E-state index contributed by atoms with van der Waals surface area (Å²) in [5, 5.41) is 3.34. The van der Waals surface area contributed by atoms with Gasteiger partial charge in [0.05, 0.1) is 11.7 Å². The Morgan fingerprint density at radius 2 is 1.55 bits per heavy atom. The summed E-state index contributed by atoms with van der Waals surface area (Å²) in [7, 11) is 0. The third kappa shape index (κ3) is 2.81. The lowest BCUT2D eigenvalue weighted by molar-refractivity contribution is 1.35. The third-order valence-electron chi connectivity index (χ3n) is 2.91. The summed E-state index contributed by atoms with van der Waals surface area (Å²) in [6.45, 7) is 0. The Bertz CT molecular complexity index is 623. The quantitative estimate of drug-likeness (QED) is 0.474. The Kier molecular flexibility index (Phi) is 3.65. The number of hydrogen-bond donors (Lipinski definition) is 0. The first-order valence-electron chi connectivity index (χ1n) is 6.36. The number of hydrogen-bond acceptors (Lipinski definition) is 2. The van der Waals surface area contributed by atoms with Crippen LogP contribution in [0.5, 0.6) is 0 Å². The maximum Gasteiger partial charge on any atom is 0.0970 e. The van der Waals surface area contributed by atoms with Crippen LogP contribution in [0.15, 0.2) is 73.1 Å². The largest absolute Gasteiger partial charge is 0.256 e. The molecular formula is C18H12N2. The first kappa shape index (κ1) is 12.3. The predicted molar refractivity (Wildman–Crippen MR) is 81.2 cm³/mol. The molecule has 0 spiro atoms. The summed E-state index contributed by atoms with van der Waals surface area (Å²) in [6, 6.07) is 22.9. The predicted octanol–water partition coefficient (Wildman–Crippen LogP) is 4.07. The van der Waals surface area contributed by atoms with Crippen molar-refractivity contribution in [2.24, 2.45) is 0 Å². The highest BCUT2D eigenvalue weighted by atomic mass is 14.6. The van der Waals surface area contributed by atoms with Gasteiger partial charge in [-0.15, -0.1) is 0 Å². The van der Waals surface area contributed by atoms with E-state index in [0.717, 1.165) is 16.3 Å². The van der Waals surface area contributed by atoms with Crippen molar-refractivity contribution in [1.82, 2.24) is 9.97 Å². The number of benzene rings is 2. The van der Waals surface area contributed by atoms with E-state index in [1.807, 2.05) is 60.7 Å². The van der Waals surface area contributed by atoms with Gasteiger partial charge in [0.1, 0.15) is 0 Å². The highest BCUT2D eigenvalue weighted by molar-refractivity contribution is 5.80. The van der Waals surface area contributed by atoms with E-state index in [0.29, 0.717) is 0 Å². The normalized spacial score (nSPS) is 10.0. The van der Waals surface area contributed by atoms with Gasteiger partial charge in [-0.05, 0) is 29.7 Å². The fraction of sp³-hybridized carbons (Fsp3) is 0. The Labute approximate surface area is 117 Å². The summed E-state index contributed by atoms with van der Waals surface area (Å²) in [4.78, 5) is 8.04. The maximum absolute atomic E-state index is 4.15. The van der Waals surface area contributed by atoms with Crippen molar-refractivity contribution in [3.8, 4) is 0 Å². The van der Waals surface area contributed by atoms with Crippen LogP contribution in [-0.4, -0.2) is 9.97 Å². The van der Waals surface area contributed by atoms with Crippen molar-refractivity contribution in [2.75, 3.05) is 0 Å². The lowest BCUT2D eigenvalue weighted by atomic mass is 10.2. The van der Waals surface area contributed by atoms with E-state index in [1.165, 1.54) is 5.39 Å². The van der Waals surface area contributed by atoms with Crippen molar-refractivity contribution in [3.05, 3.63) is 85.3 Å². The van der Waals surface area contributed by atoms with Gasteiger partial charge in [0.15, 0.2) is 0 Å². The van der Waals surface area contributed by atoms with E-state index in [4.69, 9.17) is 0 Å². The summed E-state index contributed by atoms with van der Waals surface area (Å²) in [6.07, 6.45) is 6.41. The van der Waals surface area contributed by atoms with Gasteiger partial charge in [0, 0.05) is 23.2 Å². The summed E-state index contributed by atoms with van der Waals surface area (Å²) in [5.74, 6) is 0. The molecular weight excluding hydrogens is 244 g/mol. The van der Waals surface area contributed by atoms with Gasteiger partial charge >= 0.3 is 0 Å². The van der Waals surface area contributed by atoms with Crippen LogP contribution in [-0.2, 0) is 0 Å². The summed E-state index contributed by atoms with van der Waals surface area (Å²) >= 11 is 0. The third-order valence-corrected chi connectivity index (χ3v) is 2.91. The van der Waals surface area contributed by atoms with Crippen LogP contribution in [0.3, 0.4) is 0 Å². The molecule has 2 radical (unpaired) electrons. The number of nitrogens with zero attached hydrogens (tertiary/aromatic N) is 2. The molecule has 0 unspecified atom stereocenters. The van der Waals surface area contributed by atoms with E-state index < -0.39 is 0 Å². The first-order chi connectivity index (χ1) is 9.93. The molecule has 0 aliphatic rings. The molecule has 94 valence electrons. The van der Waals surface area contributed by atoms with E-state index in [-0.39, 0.29) is 0 Å². The summed E-state index contributed by atoms with van der Waals surface area (Å²) in [5.41, 5.74) is 1.00. The van der Waals surface area contributed by atoms with Gasteiger partial charge in [-0.2, -0.15) is 0 Å². The minimum atomic E-state index is 1.00. The second kappa shape index (κ2) is 5.93. The molecule has 0 amide bonds. The second-order valence-electron chi connectivity index (χ2n) is 4.25. The van der Waals surface area contributed by atoms with E-state index in [1.54, 1.807) is 12.4 Å². The lowest BCUT2D eigenvalue weighted by Gasteiger charge is -1.91. The minimum absolute atomic E-state index is 1.00. The topological polar surface area (TPSA) is 25.8 Å². The number of pyridine rings is 2. The van der Waals surface area contributed by atoms with Crippen molar-refractivity contribution in [3.63, 3.8) is 0 Å². The fourth-order valence-corrected chi connectivity index (χ4v) is 1.92. The molecule has 20 heavy (non-hydrogen) atoms. The maximum atomic E-state index is 4.15. The van der Waals surface area contributed by atoms with Crippen molar-refractivity contribution < 1.29 is 0 Å². The van der Waals surface area contributed by atoms with Gasteiger partial charge in [0.25, 0.3) is 0 Å². The van der Waals surface area contributed by atoms with E-state index >= 15 is 0 Å². The van der Waals surface area contributed by atoms with Gasteiger partial charge < -0.3 is 0 Å². The average molecular weight is 256 g/mol. The molecule has 0 bridgehead atoms. The number of para-hydroxylation sites is 1. The Morgan fingerprint density at radius 1 is 0.750 bits per heavy atom. The van der Waals surface area contributed by atoms with Crippen LogP contribution in [0.4, 0.5) is 0 Å². The molecule has 2 nitrogen and oxygen atoms in total. The van der Waals surface area contributed by atoms with Crippen LogP contribution in [0, 0.1) is 12.3 Å². The highest BCUT2D eigenvalue weighted by Gasteiger charge is 1.88. The number of fused-ring (bicyclic) bond motifs is 2. The smallest absolute Gasteiger partial charge is 0.0970 e. The monoisotopic (exact) mass is 256 g/mol. The first-order valence-corrected chi connectivity index (χ1v) is 6.36. The van der Waals surface area contributed by atoms with Crippen LogP contribution in [0.2, 0.25) is 0 Å². The standard InChI is InChI=1S/2C9H6N/c1-2-6-9-8(4-1)5-3-7-10-9;1-2-4-9-7-10-6-5-8(9)3-1/h1-4,6-7H;1-6H. The van der Waals surface area contributed by atoms with Gasteiger partial charge in [-0.1, -0.05) is 42.5 Å². The second-order valence-corrected chi connectivity index (χ2v) is 4.25. The van der Waals surface area contributed by atoms with Gasteiger partial charge in [0.2, 0.25) is 0 Å². The number of aromatic nitrogens is 2. The molecule has 0 N–H and O–H groups in total. The van der Waals surface area contributed by atoms with E-state index in [9.17, 15) is 0 Å². The van der Waals surface area contributed by atoms with Crippen LogP contribution in [0.1, 0.15) is 0 Å². The molecule has 4 aromatic rings. The van der Waals surface area contributed by atoms with Crippen molar-refractivity contribution in [1.29, 1.82) is 0 Å². The zero-order chi connectivity index (χ0) is 13.6. The Balaban J connectivity index is 0.000000121. The van der Waals surface area contributed by atoms with E-state index in [2.05, 4.69) is 22.2 Å². The SMILES string of the molecule is [c]1ccnc2ccccc12.[c]1nccc2ccccc12. The molecule has 0 fully saturated rings. The Morgan fingerprint density at radius 3 is 2.40 bits per heavy atom. The molecule has 0 atom stereocenters. The zero-order valence-electron chi connectivity index (χ0n) is 10.8. The molecule has 2 aromatic heterocycles. The average Bonchev–Trinajstić information content (AvgIpc) is 2.56. The zero-order valence-corrected chi connectivity index (χ0v) is 10.8. The highest BCUT2D eigenvalue weighted by Crippen LogP contribution is 2.09. The molecule has 4 rings (SSSR count). The van der Waals surface area contributed by atoms with Crippen molar-refractivity contribution >= 4 is 21.7 Å². The van der Waals surface area contributed by atoms with Crippen LogP contribution < -0.4 is 0 Å². The molecule has 2 aromatic carbocycles. The minimum Gasteiger partial charge on any atom is -0.256 e. The number of rotatable bonds is 0. The summed E-state index contributed by atoms with van der Waals surface area (Å²) < 4.78 is 0. The van der Waals surface area contributed by atoms with Gasteiger partial charge in [-0.3, -0.25) is 9.97 Å². The van der Waals surface area contributed by atoms with Crippen LogP contribution >= 0.6 is 0 Å². The molecule has 2 heteroatoms. The molecule has 0 aliphatic carbocycles. The van der Waals surface area contributed by atoms with Gasteiger partial charge in [-0.25, -0.2) is 0 Å².